The highest BCUT2D eigenvalue weighted by Gasteiger charge is 2.06. The van der Waals surface area contributed by atoms with Crippen LogP contribution in [0, 0.1) is 5.92 Å². The number of rotatable bonds is 4. The van der Waals surface area contributed by atoms with E-state index in [0.29, 0.717) is 22.9 Å². The molecule has 4 nitrogen and oxygen atoms in total. The molecule has 0 atom stereocenters. The van der Waals surface area contributed by atoms with Crippen LogP contribution in [0.2, 0.25) is 0 Å². The highest BCUT2D eigenvalue weighted by Crippen LogP contribution is 2.16. The first kappa shape index (κ1) is 11.2. The molecule has 1 N–H and O–H groups in total. The summed E-state index contributed by atoms with van der Waals surface area (Å²) >= 11 is 3.12. The monoisotopic (exact) mass is 260 g/mol. The van der Waals surface area contributed by atoms with Gasteiger partial charge in [0, 0.05) is 0 Å². The summed E-state index contributed by atoms with van der Waals surface area (Å²) in [5, 5.41) is 0. The van der Waals surface area contributed by atoms with Gasteiger partial charge in [-0.05, 0) is 28.3 Å². The van der Waals surface area contributed by atoms with Crippen LogP contribution in [0.15, 0.2) is 15.6 Å². The minimum Gasteiger partial charge on any atom is -0.477 e. The third-order valence-corrected chi connectivity index (χ3v) is 2.40. The number of nitrogens with zero attached hydrogens (tertiary/aromatic N) is 1. The quantitative estimate of drug-likeness (QED) is 0.901. The molecular weight excluding hydrogens is 248 g/mol. The molecule has 0 saturated carbocycles. The normalized spacial score (nSPS) is 10.6. The number of nitrogens with one attached hydrogen (secondary N) is 1. The lowest BCUT2D eigenvalue weighted by Gasteiger charge is -2.07. The Morgan fingerprint density at radius 2 is 2.36 bits per heavy atom. The minimum atomic E-state index is -0.223. The second-order valence-electron chi connectivity index (χ2n) is 3.38. The first-order valence-electron chi connectivity index (χ1n) is 4.47. The smallest absolute Gasteiger partial charge is 0.268 e. The molecule has 0 amide bonds. The second-order valence-corrected chi connectivity index (χ2v) is 4.17. The van der Waals surface area contributed by atoms with Gasteiger partial charge < -0.3 is 9.72 Å². The number of halogens is 1. The molecule has 0 unspecified atom stereocenters. The molecule has 0 aliphatic rings. The van der Waals surface area contributed by atoms with Crippen LogP contribution in [-0.4, -0.2) is 16.6 Å². The highest BCUT2D eigenvalue weighted by molar-refractivity contribution is 9.10. The van der Waals surface area contributed by atoms with Crippen LogP contribution in [0.1, 0.15) is 20.3 Å². The molecule has 78 valence electrons. The molecule has 0 bridgehead atoms. The summed E-state index contributed by atoms with van der Waals surface area (Å²) in [6, 6.07) is 0. The Morgan fingerprint density at radius 3 is 3.00 bits per heavy atom. The van der Waals surface area contributed by atoms with Gasteiger partial charge in [-0.3, -0.25) is 4.79 Å². The van der Waals surface area contributed by atoms with E-state index < -0.39 is 0 Å². The fourth-order valence-corrected chi connectivity index (χ4v) is 1.19. The van der Waals surface area contributed by atoms with Gasteiger partial charge in [0.25, 0.3) is 5.56 Å². The number of aromatic amines is 1. The average Bonchev–Trinajstić information content (AvgIpc) is 2.12. The van der Waals surface area contributed by atoms with E-state index >= 15 is 0 Å². The highest BCUT2D eigenvalue weighted by atomic mass is 79.9. The van der Waals surface area contributed by atoms with E-state index in [1.165, 1.54) is 6.33 Å². The van der Waals surface area contributed by atoms with Crippen molar-refractivity contribution in [1.29, 1.82) is 0 Å². The topological polar surface area (TPSA) is 55.0 Å². The van der Waals surface area contributed by atoms with Gasteiger partial charge in [0.15, 0.2) is 0 Å². The van der Waals surface area contributed by atoms with Crippen LogP contribution in [-0.2, 0) is 0 Å². The zero-order valence-corrected chi connectivity index (χ0v) is 9.80. The molecule has 0 spiro atoms. The third kappa shape index (κ3) is 3.14. The van der Waals surface area contributed by atoms with Crippen LogP contribution in [0.25, 0.3) is 0 Å². The zero-order valence-electron chi connectivity index (χ0n) is 8.21. The minimum absolute atomic E-state index is 0.223. The summed E-state index contributed by atoms with van der Waals surface area (Å²) in [5.41, 5.74) is -0.223. The molecule has 5 heteroatoms. The molecule has 0 aromatic carbocycles. The summed E-state index contributed by atoms with van der Waals surface area (Å²) in [7, 11) is 0. The SMILES string of the molecule is CC(C)CCOc1nc[nH]c(=O)c1Br. The fourth-order valence-electron chi connectivity index (χ4n) is 0.859. The summed E-state index contributed by atoms with van der Waals surface area (Å²) in [6.45, 7) is 4.81. The van der Waals surface area contributed by atoms with E-state index in [1.54, 1.807) is 0 Å². The van der Waals surface area contributed by atoms with Crippen LogP contribution < -0.4 is 10.3 Å². The predicted molar refractivity (Wildman–Crippen MR) is 57.5 cm³/mol. The largest absolute Gasteiger partial charge is 0.477 e. The van der Waals surface area contributed by atoms with E-state index in [0.717, 1.165) is 6.42 Å². The molecule has 0 fully saturated rings. The van der Waals surface area contributed by atoms with Crippen molar-refractivity contribution in [3.05, 3.63) is 21.2 Å². The molecule has 1 aromatic rings. The van der Waals surface area contributed by atoms with Crippen LogP contribution in [0.4, 0.5) is 0 Å². The van der Waals surface area contributed by atoms with Gasteiger partial charge in [0.2, 0.25) is 5.88 Å². The maximum atomic E-state index is 11.1. The van der Waals surface area contributed by atoms with Gasteiger partial charge in [-0.1, -0.05) is 13.8 Å². The number of H-pyrrole nitrogens is 1. The van der Waals surface area contributed by atoms with E-state index in [2.05, 4.69) is 39.7 Å². The summed E-state index contributed by atoms with van der Waals surface area (Å²) < 4.78 is 5.70. The molecule has 0 radical (unpaired) electrons. The van der Waals surface area contributed by atoms with Crippen molar-refractivity contribution in [2.45, 2.75) is 20.3 Å². The first-order valence-corrected chi connectivity index (χ1v) is 5.26. The molecule has 1 aromatic heterocycles. The van der Waals surface area contributed by atoms with Crippen molar-refractivity contribution >= 4 is 15.9 Å². The van der Waals surface area contributed by atoms with Gasteiger partial charge in [-0.15, -0.1) is 0 Å². The summed E-state index contributed by atoms with van der Waals surface area (Å²) in [6.07, 6.45) is 2.28. The zero-order chi connectivity index (χ0) is 10.6. The second kappa shape index (κ2) is 5.14. The third-order valence-electron chi connectivity index (χ3n) is 1.70. The Bertz CT molecular complexity index is 349. The van der Waals surface area contributed by atoms with Gasteiger partial charge in [0.05, 0.1) is 12.9 Å². The number of aromatic nitrogens is 2. The molecular formula is C9H13BrN2O2. The van der Waals surface area contributed by atoms with Crippen LogP contribution in [0.3, 0.4) is 0 Å². The van der Waals surface area contributed by atoms with Gasteiger partial charge in [-0.25, -0.2) is 4.98 Å². The standard InChI is InChI=1S/C9H13BrN2O2/c1-6(2)3-4-14-9-7(10)8(13)11-5-12-9/h5-6H,3-4H2,1-2H3,(H,11,12,13). The molecule has 0 saturated heterocycles. The van der Waals surface area contributed by atoms with E-state index in [-0.39, 0.29) is 5.56 Å². The molecule has 1 rings (SSSR count). The van der Waals surface area contributed by atoms with Crippen LogP contribution >= 0.6 is 15.9 Å². The van der Waals surface area contributed by atoms with Crippen molar-refractivity contribution in [2.24, 2.45) is 5.92 Å². The van der Waals surface area contributed by atoms with Crippen molar-refractivity contribution < 1.29 is 4.74 Å². The van der Waals surface area contributed by atoms with E-state index in [1.807, 2.05) is 0 Å². The Morgan fingerprint density at radius 1 is 1.64 bits per heavy atom. The Hall–Kier alpha value is -0.840. The van der Waals surface area contributed by atoms with Crippen LogP contribution in [0.5, 0.6) is 5.88 Å². The Balaban J connectivity index is 2.59. The number of hydrogen-bond acceptors (Lipinski definition) is 3. The molecule has 1 heterocycles. The number of hydrogen-bond donors (Lipinski definition) is 1. The van der Waals surface area contributed by atoms with Crippen molar-refractivity contribution in [2.75, 3.05) is 6.61 Å². The van der Waals surface area contributed by atoms with Crippen molar-refractivity contribution in [3.8, 4) is 5.88 Å². The lowest BCUT2D eigenvalue weighted by molar-refractivity contribution is 0.276. The Labute approximate surface area is 90.8 Å². The lowest BCUT2D eigenvalue weighted by Crippen LogP contribution is -2.11. The Kier molecular flexibility index (Phi) is 4.13. The fraction of sp³-hybridized carbons (Fsp3) is 0.556. The predicted octanol–water partition coefficient (Wildman–Crippen LogP) is 1.96. The van der Waals surface area contributed by atoms with Gasteiger partial charge in [0.1, 0.15) is 4.47 Å². The summed E-state index contributed by atoms with van der Waals surface area (Å²) in [5.74, 6) is 0.935. The lowest BCUT2D eigenvalue weighted by atomic mass is 10.1. The van der Waals surface area contributed by atoms with E-state index in [4.69, 9.17) is 4.74 Å². The molecule has 14 heavy (non-hydrogen) atoms. The average molecular weight is 261 g/mol. The van der Waals surface area contributed by atoms with Crippen molar-refractivity contribution in [1.82, 2.24) is 9.97 Å². The van der Waals surface area contributed by atoms with Gasteiger partial charge in [-0.2, -0.15) is 0 Å². The molecule has 0 aliphatic heterocycles. The van der Waals surface area contributed by atoms with Crippen molar-refractivity contribution in [3.63, 3.8) is 0 Å². The maximum Gasteiger partial charge on any atom is 0.268 e. The number of ether oxygens (including phenoxy) is 1. The molecule has 0 aliphatic carbocycles. The van der Waals surface area contributed by atoms with Gasteiger partial charge >= 0.3 is 0 Å². The van der Waals surface area contributed by atoms with E-state index in [9.17, 15) is 4.79 Å². The first-order chi connectivity index (χ1) is 6.61. The summed E-state index contributed by atoms with van der Waals surface area (Å²) in [4.78, 5) is 17.5. The maximum absolute atomic E-state index is 11.1.